The Bertz CT molecular complexity index is 586. The molecule has 1 aromatic carbocycles. The number of aliphatic carboxylic acids is 1. The monoisotopic (exact) mass is 308 g/mol. The zero-order valence-electron chi connectivity index (χ0n) is 11.5. The molecule has 5 nitrogen and oxygen atoms in total. The molecule has 21 heavy (non-hydrogen) atoms. The van der Waals surface area contributed by atoms with Crippen LogP contribution in [0, 0.1) is 5.92 Å². The molecule has 0 saturated carbocycles. The molecule has 1 aromatic rings. The van der Waals surface area contributed by atoms with Gasteiger partial charge in [0.25, 0.3) is 0 Å². The van der Waals surface area contributed by atoms with Crippen LogP contribution in [-0.4, -0.2) is 30.1 Å². The summed E-state index contributed by atoms with van der Waals surface area (Å²) < 4.78 is 0. The van der Waals surface area contributed by atoms with Gasteiger partial charge in [-0.15, -0.1) is 0 Å². The van der Waals surface area contributed by atoms with E-state index in [9.17, 15) is 9.59 Å². The SMILES string of the molecule is NC(=O)C1CCCN(c2ccc(Cl)cc2/C=C/C(=O)O)C1. The smallest absolute Gasteiger partial charge is 0.328 e. The van der Waals surface area contributed by atoms with Gasteiger partial charge in [0.15, 0.2) is 0 Å². The number of halogens is 1. The van der Waals surface area contributed by atoms with Crippen LogP contribution in [0.4, 0.5) is 5.69 Å². The van der Waals surface area contributed by atoms with E-state index in [1.807, 2.05) is 6.07 Å². The van der Waals surface area contributed by atoms with E-state index in [4.69, 9.17) is 22.4 Å². The molecule has 0 radical (unpaired) electrons. The van der Waals surface area contributed by atoms with E-state index in [0.717, 1.165) is 36.7 Å². The first-order chi connectivity index (χ1) is 9.97. The molecule has 6 heteroatoms. The van der Waals surface area contributed by atoms with Crippen molar-refractivity contribution < 1.29 is 14.7 Å². The molecule has 0 aliphatic carbocycles. The Hall–Kier alpha value is -2.01. The van der Waals surface area contributed by atoms with E-state index in [1.54, 1.807) is 12.1 Å². The number of carboxylic acids is 1. The third-order valence-electron chi connectivity index (χ3n) is 3.56. The number of rotatable bonds is 4. The van der Waals surface area contributed by atoms with E-state index in [-0.39, 0.29) is 11.8 Å². The number of piperidine rings is 1. The number of carboxylic acid groups (broad SMARTS) is 1. The fourth-order valence-electron chi connectivity index (χ4n) is 2.54. The standard InChI is InChI=1S/C15H17ClN2O3/c16-12-4-5-13(10(8-12)3-6-14(19)20)18-7-1-2-11(9-18)15(17)21/h3-6,8,11H,1-2,7,9H2,(H2,17,21)(H,19,20)/b6-3+. The molecule has 2 rings (SSSR count). The van der Waals surface area contributed by atoms with Crippen LogP contribution in [0.2, 0.25) is 5.02 Å². The lowest BCUT2D eigenvalue weighted by Crippen LogP contribution is -2.41. The first-order valence-corrected chi connectivity index (χ1v) is 7.10. The van der Waals surface area contributed by atoms with Crippen molar-refractivity contribution >= 4 is 35.2 Å². The minimum atomic E-state index is -1.02. The molecular formula is C15H17ClN2O3. The summed E-state index contributed by atoms with van der Waals surface area (Å²) in [5, 5.41) is 9.30. The molecule has 1 amide bonds. The first-order valence-electron chi connectivity index (χ1n) is 6.72. The number of amides is 1. The van der Waals surface area contributed by atoms with Crippen LogP contribution in [-0.2, 0) is 9.59 Å². The van der Waals surface area contributed by atoms with Gasteiger partial charge in [-0.3, -0.25) is 4.79 Å². The summed E-state index contributed by atoms with van der Waals surface area (Å²) in [5.74, 6) is -1.49. The Morgan fingerprint density at radius 2 is 2.19 bits per heavy atom. The third kappa shape index (κ3) is 3.98. The van der Waals surface area contributed by atoms with Crippen molar-refractivity contribution in [1.29, 1.82) is 0 Å². The number of nitrogens with zero attached hydrogens (tertiary/aromatic N) is 1. The summed E-state index contributed by atoms with van der Waals surface area (Å²) in [6.45, 7) is 1.35. The fraction of sp³-hybridized carbons (Fsp3) is 0.333. The minimum Gasteiger partial charge on any atom is -0.478 e. The second-order valence-corrected chi connectivity index (χ2v) is 5.50. The number of hydrogen-bond acceptors (Lipinski definition) is 3. The normalized spacial score (nSPS) is 18.9. The van der Waals surface area contributed by atoms with Gasteiger partial charge >= 0.3 is 5.97 Å². The molecule has 1 fully saturated rings. The lowest BCUT2D eigenvalue weighted by Gasteiger charge is -2.34. The summed E-state index contributed by atoms with van der Waals surface area (Å²) in [4.78, 5) is 24.1. The molecule has 112 valence electrons. The number of nitrogens with two attached hydrogens (primary N) is 1. The average Bonchev–Trinajstić information content (AvgIpc) is 2.45. The summed E-state index contributed by atoms with van der Waals surface area (Å²) in [6.07, 6.45) is 4.25. The van der Waals surface area contributed by atoms with Crippen molar-refractivity contribution in [2.24, 2.45) is 11.7 Å². The molecule has 0 spiro atoms. The molecule has 1 aliphatic rings. The Balaban J connectivity index is 2.29. The van der Waals surface area contributed by atoms with Crippen LogP contribution in [0.25, 0.3) is 6.08 Å². The molecule has 1 heterocycles. The van der Waals surface area contributed by atoms with Crippen molar-refractivity contribution in [3.05, 3.63) is 34.9 Å². The van der Waals surface area contributed by atoms with Gasteiger partial charge in [0.2, 0.25) is 5.91 Å². The van der Waals surface area contributed by atoms with Crippen molar-refractivity contribution in [1.82, 2.24) is 0 Å². The van der Waals surface area contributed by atoms with Gasteiger partial charge in [-0.25, -0.2) is 4.79 Å². The van der Waals surface area contributed by atoms with Crippen LogP contribution in [0.1, 0.15) is 18.4 Å². The van der Waals surface area contributed by atoms with Crippen LogP contribution in [0.5, 0.6) is 0 Å². The topological polar surface area (TPSA) is 83.6 Å². The fourth-order valence-corrected chi connectivity index (χ4v) is 2.72. The molecule has 1 aliphatic heterocycles. The zero-order valence-corrected chi connectivity index (χ0v) is 12.2. The summed E-state index contributed by atoms with van der Waals surface area (Å²) in [6, 6.07) is 5.31. The minimum absolute atomic E-state index is 0.175. The first kappa shape index (κ1) is 15.4. The van der Waals surface area contributed by atoms with Gasteiger partial charge in [0.05, 0.1) is 5.92 Å². The lowest BCUT2D eigenvalue weighted by atomic mass is 9.96. The number of hydrogen-bond donors (Lipinski definition) is 2. The van der Waals surface area contributed by atoms with Gasteiger partial charge < -0.3 is 15.7 Å². The van der Waals surface area contributed by atoms with Crippen molar-refractivity contribution in [2.75, 3.05) is 18.0 Å². The number of anilines is 1. The van der Waals surface area contributed by atoms with Crippen LogP contribution in [0.3, 0.4) is 0 Å². The Morgan fingerprint density at radius 3 is 2.86 bits per heavy atom. The maximum Gasteiger partial charge on any atom is 0.328 e. The molecular weight excluding hydrogens is 292 g/mol. The third-order valence-corrected chi connectivity index (χ3v) is 3.79. The number of carbonyl (C=O) groups excluding carboxylic acids is 1. The molecule has 1 saturated heterocycles. The molecule has 0 bridgehead atoms. The van der Waals surface area contributed by atoms with Crippen molar-refractivity contribution in [3.8, 4) is 0 Å². The lowest BCUT2D eigenvalue weighted by molar-refractivity contribution is -0.131. The van der Waals surface area contributed by atoms with Gasteiger partial charge in [-0.05, 0) is 42.7 Å². The van der Waals surface area contributed by atoms with E-state index in [2.05, 4.69) is 4.90 Å². The van der Waals surface area contributed by atoms with E-state index < -0.39 is 5.97 Å². The maximum atomic E-state index is 11.4. The summed E-state index contributed by atoms with van der Waals surface area (Å²) in [7, 11) is 0. The maximum absolute atomic E-state index is 11.4. The second-order valence-electron chi connectivity index (χ2n) is 5.06. The molecule has 1 atom stereocenters. The van der Waals surface area contributed by atoms with Crippen molar-refractivity contribution in [2.45, 2.75) is 12.8 Å². The van der Waals surface area contributed by atoms with E-state index in [0.29, 0.717) is 11.6 Å². The Morgan fingerprint density at radius 1 is 1.43 bits per heavy atom. The summed E-state index contributed by atoms with van der Waals surface area (Å²) >= 11 is 5.98. The predicted molar refractivity (Wildman–Crippen MR) is 82.3 cm³/mol. The van der Waals surface area contributed by atoms with Crippen LogP contribution < -0.4 is 10.6 Å². The van der Waals surface area contributed by atoms with E-state index in [1.165, 1.54) is 6.08 Å². The van der Waals surface area contributed by atoms with Crippen molar-refractivity contribution in [3.63, 3.8) is 0 Å². The number of benzene rings is 1. The van der Waals surface area contributed by atoms with Crippen LogP contribution >= 0.6 is 11.6 Å². The highest BCUT2D eigenvalue weighted by molar-refractivity contribution is 6.30. The zero-order chi connectivity index (χ0) is 15.4. The summed E-state index contributed by atoms with van der Waals surface area (Å²) in [5.41, 5.74) is 6.97. The van der Waals surface area contributed by atoms with Gasteiger partial charge in [-0.2, -0.15) is 0 Å². The molecule has 1 unspecified atom stereocenters. The highest BCUT2D eigenvalue weighted by Gasteiger charge is 2.25. The quantitative estimate of drug-likeness (QED) is 0.835. The second kappa shape index (κ2) is 6.63. The number of carbonyl (C=O) groups is 2. The van der Waals surface area contributed by atoms with Crippen LogP contribution in [0.15, 0.2) is 24.3 Å². The number of primary amides is 1. The highest BCUT2D eigenvalue weighted by atomic mass is 35.5. The predicted octanol–water partition coefficient (Wildman–Crippen LogP) is 2.14. The Labute approximate surface area is 128 Å². The largest absolute Gasteiger partial charge is 0.478 e. The molecule has 0 aromatic heterocycles. The van der Waals surface area contributed by atoms with E-state index >= 15 is 0 Å². The highest BCUT2D eigenvalue weighted by Crippen LogP contribution is 2.29. The van der Waals surface area contributed by atoms with Gasteiger partial charge in [0, 0.05) is 29.9 Å². The average molecular weight is 309 g/mol. The Kier molecular flexibility index (Phi) is 4.85. The molecule has 3 N–H and O–H groups in total. The van der Waals surface area contributed by atoms with Gasteiger partial charge in [-0.1, -0.05) is 11.6 Å². The van der Waals surface area contributed by atoms with Gasteiger partial charge in [0.1, 0.15) is 0 Å².